The zero-order valence-electron chi connectivity index (χ0n) is 11.1. The fourth-order valence-electron chi connectivity index (χ4n) is 2.11. The van der Waals surface area contributed by atoms with E-state index in [4.69, 9.17) is 4.74 Å². The van der Waals surface area contributed by atoms with E-state index in [9.17, 15) is 4.79 Å². The standard InChI is InChI=1S/C14H20N2O2.ClH/c1-2-18-10-11-6-3-4-7-12(11)16-14(17)13-8-5-9-15-13;/h3-4,6-7,13,15H,2,5,8-10H2,1H3,(H,16,17);1H. The molecule has 0 bridgehead atoms. The van der Waals surface area contributed by atoms with Crippen molar-refractivity contribution < 1.29 is 9.53 Å². The molecule has 1 amide bonds. The van der Waals surface area contributed by atoms with E-state index in [1.165, 1.54) is 0 Å². The Morgan fingerprint density at radius 3 is 2.95 bits per heavy atom. The summed E-state index contributed by atoms with van der Waals surface area (Å²) in [6.07, 6.45) is 1.98. The lowest BCUT2D eigenvalue weighted by molar-refractivity contribution is -0.117. The second kappa shape index (κ2) is 8.15. The number of carbonyl (C=O) groups excluding carboxylic acids is 1. The molecule has 1 atom stereocenters. The largest absolute Gasteiger partial charge is 0.377 e. The molecule has 1 aliphatic rings. The van der Waals surface area contributed by atoms with Gasteiger partial charge in [0, 0.05) is 17.9 Å². The van der Waals surface area contributed by atoms with Crippen LogP contribution in [0.15, 0.2) is 24.3 Å². The van der Waals surface area contributed by atoms with Crippen molar-refractivity contribution in [3.05, 3.63) is 29.8 Å². The third-order valence-corrected chi connectivity index (χ3v) is 3.11. The van der Waals surface area contributed by atoms with E-state index in [1.54, 1.807) is 0 Å². The van der Waals surface area contributed by atoms with Gasteiger partial charge in [0.25, 0.3) is 0 Å². The van der Waals surface area contributed by atoms with Gasteiger partial charge in [0.2, 0.25) is 5.91 Å². The molecule has 1 fully saturated rings. The Balaban J connectivity index is 0.00000180. The molecule has 1 heterocycles. The van der Waals surface area contributed by atoms with Crippen molar-refractivity contribution in [1.82, 2.24) is 5.32 Å². The quantitative estimate of drug-likeness (QED) is 0.872. The minimum atomic E-state index is -0.0508. The average Bonchev–Trinajstić information content (AvgIpc) is 2.91. The number of ether oxygens (including phenoxy) is 1. The zero-order chi connectivity index (χ0) is 12.8. The number of benzene rings is 1. The lowest BCUT2D eigenvalue weighted by Crippen LogP contribution is -2.35. The first-order valence-electron chi connectivity index (χ1n) is 6.51. The highest BCUT2D eigenvalue weighted by Gasteiger charge is 2.22. The molecule has 1 saturated heterocycles. The molecule has 0 saturated carbocycles. The lowest BCUT2D eigenvalue weighted by atomic mass is 10.1. The normalized spacial score (nSPS) is 17.8. The Bertz CT molecular complexity index is 406. The van der Waals surface area contributed by atoms with E-state index < -0.39 is 0 Å². The van der Waals surface area contributed by atoms with Crippen LogP contribution in [0.3, 0.4) is 0 Å². The lowest BCUT2D eigenvalue weighted by Gasteiger charge is -2.14. The molecule has 4 nitrogen and oxygen atoms in total. The summed E-state index contributed by atoms with van der Waals surface area (Å²) in [4.78, 5) is 12.0. The Morgan fingerprint density at radius 1 is 1.47 bits per heavy atom. The zero-order valence-corrected chi connectivity index (χ0v) is 12.0. The summed E-state index contributed by atoms with van der Waals surface area (Å²) in [5.74, 6) is 0.0523. The molecule has 106 valence electrons. The molecule has 2 N–H and O–H groups in total. The van der Waals surface area contributed by atoms with Crippen LogP contribution < -0.4 is 10.6 Å². The van der Waals surface area contributed by atoms with Crippen LogP contribution in [0.5, 0.6) is 0 Å². The van der Waals surface area contributed by atoms with E-state index >= 15 is 0 Å². The molecule has 0 aliphatic carbocycles. The third-order valence-electron chi connectivity index (χ3n) is 3.11. The van der Waals surface area contributed by atoms with Gasteiger partial charge < -0.3 is 15.4 Å². The van der Waals surface area contributed by atoms with Crippen LogP contribution in [0, 0.1) is 0 Å². The van der Waals surface area contributed by atoms with Gasteiger partial charge >= 0.3 is 0 Å². The summed E-state index contributed by atoms with van der Waals surface area (Å²) in [6.45, 7) is 4.10. The number of halogens is 1. The molecule has 19 heavy (non-hydrogen) atoms. The minimum Gasteiger partial charge on any atom is -0.377 e. The third kappa shape index (κ3) is 4.49. The fraction of sp³-hybridized carbons (Fsp3) is 0.500. The van der Waals surface area contributed by atoms with E-state index in [0.29, 0.717) is 13.2 Å². The first-order chi connectivity index (χ1) is 8.81. The Labute approximate surface area is 120 Å². The highest BCUT2D eigenvalue weighted by molar-refractivity contribution is 5.95. The van der Waals surface area contributed by atoms with Gasteiger partial charge in [-0.25, -0.2) is 0 Å². The van der Waals surface area contributed by atoms with E-state index in [2.05, 4.69) is 10.6 Å². The molecule has 1 aromatic carbocycles. The first kappa shape index (κ1) is 16.0. The number of amides is 1. The second-order valence-electron chi connectivity index (χ2n) is 4.43. The number of carbonyl (C=O) groups is 1. The highest BCUT2D eigenvalue weighted by Crippen LogP contribution is 2.17. The van der Waals surface area contributed by atoms with Crippen LogP contribution >= 0.6 is 12.4 Å². The van der Waals surface area contributed by atoms with Crippen molar-refractivity contribution in [1.29, 1.82) is 0 Å². The summed E-state index contributed by atoms with van der Waals surface area (Å²) in [5, 5.41) is 6.18. The molecule has 1 unspecified atom stereocenters. The van der Waals surface area contributed by atoms with Gasteiger partial charge in [0.1, 0.15) is 0 Å². The van der Waals surface area contributed by atoms with E-state index in [-0.39, 0.29) is 24.4 Å². The van der Waals surface area contributed by atoms with Crippen LogP contribution in [0.2, 0.25) is 0 Å². The number of hydrogen-bond donors (Lipinski definition) is 2. The molecular weight excluding hydrogens is 264 g/mol. The second-order valence-corrected chi connectivity index (χ2v) is 4.43. The summed E-state index contributed by atoms with van der Waals surface area (Å²) >= 11 is 0. The molecule has 0 radical (unpaired) electrons. The van der Waals surface area contributed by atoms with E-state index in [0.717, 1.165) is 30.6 Å². The minimum absolute atomic E-state index is 0. The van der Waals surface area contributed by atoms with E-state index in [1.807, 2.05) is 31.2 Å². The van der Waals surface area contributed by atoms with Gasteiger partial charge in [-0.05, 0) is 32.4 Å². The van der Waals surface area contributed by atoms with Gasteiger partial charge in [0.15, 0.2) is 0 Å². The smallest absolute Gasteiger partial charge is 0.241 e. The molecule has 5 heteroatoms. The van der Waals surface area contributed by atoms with Crippen molar-refractivity contribution in [3.8, 4) is 0 Å². The van der Waals surface area contributed by atoms with Gasteiger partial charge in [0.05, 0.1) is 12.6 Å². The van der Waals surface area contributed by atoms with Crippen LogP contribution in [0.4, 0.5) is 5.69 Å². The number of nitrogens with one attached hydrogen (secondary N) is 2. The molecule has 0 spiro atoms. The van der Waals surface area contributed by atoms with Gasteiger partial charge in [-0.2, -0.15) is 0 Å². The molecule has 1 aliphatic heterocycles. The van der Waals surface area contributed by atoms with Gasteiger partial charge in [-0.3, -0.25) is 4.79 Å². The highest BCUT2D eigenvalue weighted by atomic mass is 35.5. The van der Waals surface area contributed by atoms with Crippen molar-refractivity contribution in [2.45, 2.75) is 32.4 Å². The Hall–Kier alpha value is -1.10. The van der Waals surface area contributed by atoms with Crippen LogP contribution in [-0.2, 0) is 16.1 Å². The number of rotatable bonds is 5. The molecule has 1 aromatic rings. The van der Waals surface area contributed by atoms with Crippen molar-refractivity contribution in [2.24, 2.45) is 0 Å². The number of para-hydroxylation sites is 1. The summed E-state index contributed by atoms with van der Waals surface area (Å²) in [5.41, 5.74) is 1.87. The first-order valence-corrected chi connectivity index (χ1v) is 6.51. The molecule has 2 rings (SSSR count). The maximum absolute atomic E-state index is 12.0. The van der Waals surface area contributed by atoms with Crippen molar-refractivity contribution in [2.75, 3.05) is 18.5 Å². The van der Waals surface area contributed by atoms with Gasteiger partial charge in [-0.15, -0.1) is 12.4 Å². The predicted octanol–water partition coefficient (Wildman–Crippen LogP) is 2.34. The van der Waals surface area contributed by atoms with Crippen LogP contribution in [0.1, 0.15) is 25.3 Å². The number of anilines is 1. The van der Waals surface area contributed by atoms with Crippen molar-refractivity contribution >= 4 is 24.0 Å². The summed E-state index contributed by atoms with van der Waals surface area (Å²) < 4.78 is 5.40. The van der Waals surface area contributed by atoms with Crippen LogP contribution in [-0.4, -0.2) is 25.1 Å². The molecular formula is C14H21ClN2O2. The van der Waals surface area contributed by atoms with Gasteiger partial charge in [-0.1, -0.05) is 18.2 Å². The predicted molar refractivity (Wildman–Crippen MR) is 78.7 cm³/mol. The Kier molecular flexibility index (Phi) is 6.84. The summed E-state index contributed by atoms with van der Waals surface area (Å²) in [6, 6.07) is 7.73. The molecule has 0 aromatic heterocycles. The maximum Gasteiger partial charge on any atom is 0.241 e. The van der Waals surface area contributed by atoms with Crippen molar-refractivity contribution in [3.63, 3.8) is 0 Å². The fourth-order valence-corrected chi connectivity index (χ4v) is 2.11. The monoisotopic (exact) mass is 284 g/mol. The van der Waals surface area contributed by atoms with Crippen LogP contribution in [0.25, 0.3) is 0 Å². The average molecular weight is 285 g/mol. The Morgan fingerprint density at radius 2 is 2.26 bits per heavy atom. The SMILES string of the molecule is CCOCc1ccccc1NC(=O)C1CCCN1.Cl. The maximum atomic E-state index is 12.0. The number of hydrogen-bond acceptors (Lipinski definition) is 3. The topological polar surface area (TPSA) is 50.4 Å². The summed E-state index contributed by atoms with van der Waals surface area (Å²) in [7, 11) is 0.